The molecule has 5 rings (SSSR count). The first kappa shape index (κ1) is 18.2. The second-order valence-corrected chi connectivity index (χ2v) is 8.02. The monoisotopic (exact) mass is 426 g/mol. The first-order chi connectivity index (χ1) is 14.0. The van der Waals surface area contributed by atoms with Gasteiger partial charge in [0.25, 0.3) is 5.91 Å². The molecule has 1 saturated heterocycles. The van der Waals surface area contributed by atoms with Gasteiger partial charge in [-0.25, -0.2) is 5.01 Å². The Labute approximate surface area is 176 Å². The Kier molecular flexibility index (Phi) is 4.33. The topological polar surface area (TPSA) is 68.8 Å². The minimum absolute atomic E-state index is 0.0907. The van der Waals surface area contributed by atoms with E-state index in [1.54, 1.807) is 23.1 Å². The highest BCUT2D eigenvalue weighted by atomic mass is 35.5. The van der Waals surface area contributed by atoms with Crippen LogP contribution in [-0.2, 0) is 22.6 Å². The standard InChI is InChI=1S/C21H16Cl2N4O2/c22-13-6-5-12(16(23)7-13)9-24-27-11-20(28)26-10-18-15(8-19(26)21(27)29)14-3-1-2-4-17(14)25-18/h1-7,9,19,25H,8,10-11H2/b24-9-/t19-/m1/s1. The Morgan fingerprint density at radius 3 is 2.76 bits per heavy atom. The van der Waals surface area contributed by atoms with E-state index in [9.17, 15) is 9.59 Å². The minimum atomic E-state index is -0.555. The summed E-state index contributed by atoms with van der Waals surface area (Å²) in [7, 11) is 0. The number of benzene rings is 2. The van der Waals surface area contributed by atoms with Crippen molar-refractivity contribution in [1.29, 1.82) is 0 Å². The number of halogens is 2. The molecule has 0 aliphatic carbocycles. The van der Waals surface area contributed by atoms with Crippen molar-refractivity contribution in [2.45, 2.75) is 19.0 Å². The molecule has 0 spiro atoms. The molecule has 0 unspecified atom stereocenters. The second kappa shape index (κ2) is 6.90. The third kappa shape index (κ3) is 3.09. The van der Waals surface area contributed by atoms with E-state index in [1.165, 1.54) is 11.2 Å². The zero-order chi connectivity index (χ0) is 20.1. The van der Waals surface area contributed by atoms with Crippen LogP contribution in [0.1, 0.15) is 16.8 Å². The predicted octanol–water partition coefficient (Wildman–Crippen LogP) is 3.60. The number of H-pyrrole nitrogens is 1. The van der Waals surface area contributed by atoms with E-state index in [4.69, 9.17) is 23.2 Å². The van der Waals surface area contributed by atoms with Crippen LogP contribution in [0.4, 0.5) is 0 Å². The van der Waals surface area contributed by atoms with Crippen molar-refractivity contribution in [3.63, 3.8) is 0 Å². The van der Waals surface area contributed by atoms with Gasteiger partial charge in [0, 0.05) is 33.6 Å². The van der Waals surface area contributed by atoms with Crippen LogP contribution >= 0.6 is 23.2 Å². The van der Waals surface area contributed by atoms with Crippen LogP contribution in [-0.4, -0.2) is 45.5 Å². The summed E-state index contributed by atoms with van der Waals surface area (Å²) in [5.41, 5.74) is 3.73. The Bertz CT molecular complexity index is 1190. The van der Waals surface area contributed by atoms with E-state index in [0.29, 0.717) is 28.6 Å². The fraction of sp³-hybridized carbons (Fsp3) is 0.190. The summed E-state index contributed by atoms with van der Waals surface area (Å²) in [6.45, 7) is 0.312. The molecule has 1 atom stereocenters. The molecular formula is C21H16Cl2N4O2. The summed E-state index contributed by atoms with van der Waals surface area (Å²) >= 11 is 12.1. The Balaban J connectivity index is 1.44. The molecule has 1 fully saturated rings. The summed E-state index contributed by atoms with van der Waals surface area (Å²) < 4.78 is 0. The van der Waals surface area contributed by atoms with Gasteiger partial charge in [0.05, 0.1) is 17.8 Å². The number of para-hydroxylation sites is 1. The zero-order valence-electron chi connectivity index (χ0n) is 15.2. The highest BCUT2D eigenvalue weighted by molar-refractivity contribution is 6.36. The molecule has 2 aliphatic heterocycles. The van der Waals surface area contributed by atoms with E-state index >= 15 is 0 Å². The number of amides is 2. The molecule has 29 heavy (non-hydrogen) atoms. The molecule has 2 aromatic carbocycles. The van der Waals surface area contributed by atoms with Gasteiger partial charge in [0.15, 0.2) is 0 Å². The fourth-order valence-corrected chi connectivity index (χ4v) is 4.45. The van der Waals surface area contributed by atoms with Crippen molar-refractivity contribution in [2.75, 3.05) is 6.54 Å². The Morgan fingerprint density at radius 2 is 1.93 bits per heavy atom. The van der Waals surface area contributed by atoms with Gasteiger partial charge < -0.3 is 9.88 Å². The number of aromatic amines is 1. The largest absolute Gasteiger partial charge is 0.357 e. The number of hydrazone groups is 1. The lowest BCUT2D eigenvalue weighted by atomic mass is 9.94. The van der Waals surface area contributed by atoms with E-state index in [0.717, 1.165) is 22.2 Å². The van der Waals surface area contributed by atoms with Crippen LogP contribution in [0.3, 0.4) is 0 Å². The van der Waals surface area contributed by atoms with Crippen molar-refractivity contribution in [1.82, 2.24) is 14.9 Å². The van der Waals surface area contributed by atoms with Gasteiger partial charge in [-0.1, -0.05) is 47.5 Å². The molecule has 1 aromatic heterocycles. The molecule has 3 aromatic rings. The molecule has 1 N–H and O–H groups in total. The van der Waals surface area contributed by atoms with Crippen LogP contribution in [0.5, 0.6) is 0 Å². The van der Waals surface area contributed by atoms with Crippen LogP contribution in [0.15, 0.2) is 47.6 Å². The maximum Gasteiger partial charge on any atom is 0.266 e. The highest BCUT2D eigenvalue weighted by Crippen LogP contribution is 2.32. The fourth-order valence-electron chi connectivity index (χ4n) is 4.00. The van der Waals surface area contributed by atoms with Gasteiger partial charge in [-0.2, -0.15) is 5.10 Å². The number of carbonyl (C=O) groups excluding carboxylic acids is 2. The number of nitrogens with one attached hydrogen (secondary N) is 1. The maximum absolute atomic E-state index is 13.1. The van der Waals surface area contributed by atoms with Gasteiger partial charge >= 0.3 is 0 Å². The lowest BCUT2D eigenvalue weighted by Gasteiger charge is -2.40. The molecule has 0 saturated carbocycles. The van der Waals surface area contributed by atoms with E-state index < -0.39 is 6.04 Å². The molecule has 0 bridgehead atoms. The van der Waals surface area contributed by atoms with Crippen molar-refractivity contribution in [2.24, 2.45) is 5.10 Å². The highest BCUT2D eigenvalue weighted by Gasteiger charge is 2.43. The smallest absolute Gasteiger partial charge is 0.266 e. The minimum Gasteiger partial charge on any atom is -0.357 e. The van der Waals surface area contributed by atoms with E-state index in [1.807, 2.05) is 24.3 Å². The summed E-state index contributed by atoms with van der Waals surface area (Å²) in [4.78, 5) is 30.8. The number of aromatic nitrogens is 1. The van der Waals surface area contributed by atoms with Crippen LogP contribution < -0.4 is 0 Å². The third-order valence-electron chi connectivity index (χ3n) is 5.45. The number of carbonyl (C=O) groups is 2. The average Bonchev–Trinajstić information content (AvgIpc) is 3.07. The van der Waals surface area contributed by atoms with Gasteiger partial charge in [-0.05, 0) is 23.8 Å². The summed E-state index contributed by atoms with van der Waals surface area (Å²) in [5, 5.41) is 7.52. The number of nitrogens with zero attached hydrogens (tertiary/aromatic N) is 3. The Morgan fingerprint density at radius 1 is 1.10 bits per heavy atom. The van der Waals surface area contributed by atoms with Crippen LogP contribution in [0.2, 0.25) is 10.0 Å². The van der Waals surface area contributed by atoms with Gasteiger partial charge in [-0.15, -0.1) is 0 Å². The lowest BCUT2D eigenvalue weighted by Crippen LogP contribution is -2.60. The molecule has 146 valence electrons. The normalized spacial score (nSPS) is 19.2. The van der Waals surface area contributed by atoms with Crippen molar-refractivity contribution in [3.05, 3.63) is 69.3 Å². The number of hydrogen-bond donors (Lipinski definition) is 1. The summed E-state index contributed by atoms with van der Waals surface area (Å²) in [6, 6.07) is 12.4. The van der Waals surface area contributed by atoms with Gasteiger partial charge in [0.1, 0.15) is 12.6 Å². The average molecular weight is 427 g/mol. The van der Waals surface area contributed by atoms with Gasteiger partial charge in [0.2, 0.25) is 5.91 Å². The number of hydrogen-bond acceptors (Lipinski definition) is 3. The third-order valence-corrected chi connectivity index (χ3v) is 6.01. The molecule has 2 amide bonds. The van der Waals surface area contributed by atoms with Gasteiger partial charge in [-0.3, -0.25) is 9.59 Å². The summed E-state index contributed by atoms with van der Waals surface area (Å²) in [6.07, 6.45) is 1.96. The SMILES string of the molecule is O=C1[C@H]2Cc3c([nH]c4ccccc34)CN2C(=O)CN1/N=C\c1ccc(Cl)cc1Cl. The van der Waals surface area contributed by atoms with Crippen LogP contribution in [0.25, 0.3) is 10.9 Å². The van der Waals surface area contributed by atoms with E-state index in [-0.39, 0.29) is 18.4 Å². The second-order valence-electron chi connectivity index (χ2n) is 7.18. The van der Waals surface area contributed by atoms with Crippen LogP contribution in [0, 0.1) is 0 Å². The van der Waals surface area contributed by atoms with Crippen molar-refractivity contribution < 1.29 is 9.59 Å². The first-order valence-corrected chi connectivity index (χ1v) is 9.95. The summed E-state index contributed by atoms with van der Waals surface area (Å²) in [5.74, 6) is -0.319. The van der Waals surface area contributed by atoms with Crippen molar-refractivity contribution in [3.8, 4) is 0 Å². The van der Waals surface area contributed by atoms with E-state index in [2.05, 4.69) is 10.1 Å². The Hall–Kier alpha value is -2.83. The predicted molar refractivity (Wildman–Crippen MR) is 112 cm³/mol. The number of piperazine rings is 1. The molecule has 0 radical (unpaired) electrons. The maximum atomic E-state index is 13.1. The zero-order valence-corrected chi connectivity index (χ0v) is 16.7. The molecule has 2 aliphatic rings. The number of rotatable bonds is 2. The first-order valence-electron chi connectivity index (χ1n) is 9.19. The quantitative estimate of drug-likeness (QED) is 0.635. The lowest BCUT2D eigenvalue weighted by molar-refractivity contribution is -0.157. The molecule has 8 heteroatoms. The molecular weight excluding hydrogens is 411 g/mol. The molecule has 6 nitrogen and oxygen atoms in total. The molecule has 3 heterocycles. The number of fused-ring (bicyclic) bond motifs is 4. The van der Waals surface area contributed by atoms with Crippen molar-refractivity contribution >= 4 is 52.1 Å².